The molecule has 0 aliphatic heterocycles. The SMILES string of the molecule is CCOc1ccc2ccccc2c1CNc1nccs1. The molecule has 0 bridgehead atoms. The third-order valence-electron chi connectivity index (χ3n) is 3.15. The quantitative estimate of drug-likeness (QED) is 0.758. The van der Waals surface area contributed by atoms with Crippen molar-refractivity contribution in [2.75, 3.05) is 11.9 Å². The number of anilines is 1. The van der Waals surface area contributed by atoms with Crippen LogP contribution < -0.4 is 10.1 Å². The average Bonchev–Trinajstić information content (AvgIpc) is 2.99. The number of nitrogens with one attached hydrogen (secondary N) is 1. The first-order valence-electron chi connectivity index (χ1n) is 6.65. The van der Waals surface area contributed by atoms with Crippen LogP contribution in [0.3, 0.4) is 0 Å². The summed E-state index contributed by atoms with van der Waals surface area (Å²) in [5, 5.41) is 8.71. The molecule has 0 spiro atoms. The lowest BCUT2D eigenvalue weighted by atomic mass is 10.0. The van der Waals surface area contributed by atoms with Gasteiger partial charge in [0.1, 0.15) is 5.75 Å². The monoisotopic (exact) mass is 284 g/mol. The van der Waals surface area contributed by atoms with Crippen molar-refractivity contribution >= 4 is 27.2 Å². The first kappa shape index (κ1) is 12.9. The molecule has 0 aliphatic carbocycles. The number of benzene rings is 2. The van der Waals surface area contributed by atoms with E-state index in [4.69, 9.17) is 4.74 Å². The Hall–Kier alpha value is -2.07. The Bertz CT molecular complexity index is 695. The van der Waals surface area contributed by atoms with Crippen molar-refractivity contribution in [2.24, 2.45) is 0 Å². The number of fused-ring (bicyclic) bond motifs is 1. The van der Waals surface area contributed by atoms with E-state index in [9.17, 15) is 0 Å². The molecule has 4 heteroatoms. The minimum absolute atomic E-state index is 0.669. The topological polar surface area (TPSA) is 34.1 Å². The highest BCUT2D eigenvalue weighted by Crippen LogP contribution is 2.29. The smallest absolute Gasteiger partial charge is 0.182 e. The molecule has 1 N–H and O–H groups in total. The molecule has 3 aromatic rings. The largest absolute Gasteiger partial charge is 0.494 e. The molecule has 1 heterocycles. The standard InChI is InChI=1S/C16H16N2OS/c1-2-19-15-8-7-12-5-3-4-6-13(12)14(15)11-18-16-17-9-10-20-16/h3-10H,2,11H2,1H3,(H,17,18). The van der Waals surface area contributed by atoms with Gasteiger partial charge in [-0.2, -0.15) is 0 Å². The lowest BCUT2D eigenvalue weighted by Crippen LogP contribution is -2.04. The molecule has 102 valence electrons. The maximum Gasteiger partial charge on any atom is 0.182 e. The molecule has 3 nitrogen and oxygen atoms in total. The summed E-state index contributed by atoms with van der Waals surface area (Å²) in [6.07, 6.45) is 1.81. The van der Waals surface area contributed by atoms with E-state index in [1.54, 1.807) is 17.5 Å². The zero-order chi connectivity index (χ0) is 13.8. The molecule has 3 rings (SSSR count). The van der Waals surface area contributed by atoms with Crippen LogP contribution >= 0.6 is 11.3 Å². The predicted octanol–water partition coefficient (Wildman–Crippen LogP) is 4.31. The number of thiazole rings is 1. The van der Waals surface area contributed by atoms with Gasteiger partial charge in [-0.3, -0.25) is 0 Å². The van der Waals surface area contributed by atoms with E-state index in [-0.39, 0.29) is 0 Å². The minimum atomic E-state index is 0.669. The number of hydrogen-bond donors (Lipinski definition) is 1. The third kappa shape index (κ3) is 2.60. The highest BCUT2D eigenvalue weighted by Gasteiger charge is 2.09. The molecule has 0 aliphatic rings. The van der Waals surface area contributed by atoms with Crippen LogP contribution in [0.2, 0.25) is 0 Å². The normalized spacial score (nSPS) is 10.7. The van der Waals surface area contributed by atoms with E-state index in [0.717, 1.165) is 10.9 Å². The summed E-state index contributed by atoms with van der Waals surface area (Å²) < 4.78 is 5.76. The Labute approximate surface area is 122 Å². The van der Waals surface area contributed by atoms with E-state index < -0.39 is 0 Å². The molecule has 2 aromatic carbocycles. The number of hydrogen-bond acceptors (Lipinski definition) is 4. The van der Waals surface area contributed by atoms with Crippen LogP contribution in [0.1, 0.15) is 12.5 Å². The summed E-state index contributed by atoms with van der Waals surface area (Å²) in [5.41, 5.74) is 1.18. The minimum Gasteiger partial charge on any atom is -0.494 e. The van der Waals surface area contributed by atoms with E-state index in [2.05, 4.69) is 40.6 Å². The van der Waals surface area contributed by atoms with E-state index in [0.29, 0.717) is 13.2 Å². The van der Waals surface area contributed by atoms with Gasteiger partial charge in [0.05, 0.1) is 6.61 Å². The molecule has 0 fully saturated rings. The van der Waals surface area contributed by atoms with Crippen molar-refractivity contribution in [1.82, 2.24) is 4.98 Å². The zero-order valence-corrected chi connectivity index (χ0v) is 12.1. The molecule has 0 saturated heterocycles. The Kier molecular flexibility index (Phi) is 3.83. The van der Waals surface area contributed by atoms with Crippen molar-refractivity contribution < 1.29 is 4.74 Å². The predicted molar refractivity (Wildman–Crippen MR) is 84.6 cm³/mol. The maximum absolute atomic E-state index is 5.76. The Morgan fingerprint density at radius 2 is 2.10 bits per heavy atom. The fraction of sp³-hybridized carbons (Fsp3) is 0.188. The Morgan fingerprint density at radius 1 is 1.20 bits per heavy atom. The van der Waals surface area contributed by atoms with Crippen LogP contribution in [0.15, 0.2) is 48.0 Å². The number of aromatic nitrogens is 1. The highest BCUT2D eigenvalue weighted by atomic mass is 32.1. The summed E-state index contributed by atoms with van der Waals surface area (Å²) in [6, 6.07) is 12.5. The first-order valence-corrected chi connectivity index (χ1v) is 7.53. The molecule has 0 radical (unpaired) electrons. The second-order valence-corrected chi connectivity index (χ2v) is 5.28. The van der Waals surface area contributed by atoms with Gasteiger partial charge in [0.15, 0.2) is 5.13 Å². The molecular formula is C16H16N2OS. The summed E-state index contributed by atoms with van der Waals surface area (Å²) in [7, 11) is 0. The van der Waals surface area contributed by atoms with Gasteiger partial charge < -0.3 is 10.1 Å². The lowest BCUT2D eigenvalue weighted by Gasteiger charge is -2.13. The fourth-order valence-corrected chi connectivity index (χ4v) is 2.79. The molecule has 0 saturated carbocycles. The van der Waals surface area contributed by atoms with Gasteiger partial charge >= 0.3 is 0 Å². The highest BCUT2D eigenvalue weighted by molar-refractivity contribution is 7.13. The van der Waals surface area contributed by atoms with Gasteiger partial charge in [-0.25, -0.2) is 4.98 Å². The summed E-state index contributed by atoms with van der Waals surface area (Å²) in [6.45, 7) is 3.39. The van der Waals surface area contributed by atoms with Crippen LogP contribution in [0, 0.1) is 0 Å². The van der Waals surface area contributed by atoms with Crippen molar-refractivity contribution in [3.05, 3.63) is 53.5 Å². The van der Waals surface area contributed by atoms with Crippen LogP contribution in [-0.2, 0) is 6.54 Å². The lowest BCUT2D eigenvalue weighted by molar-refractivity contribution is 0.337. The molecule has 1 aromatic heterocycles. The van der Waals surface area contributed by atoms with E-state index >= 15 is 0 Å². The van der Waals surface area contributed by atoms with Gasteiger partial charge in [-0.15, -0.1) is 11.3 Å². The molecule has 0 amide bonds. The molecule has 20 heavy (non-hydrogen) atoms. The van der Waals surface area contributed by atoms with Gasteiger partial charge in [0.25, 0.3) is 0 Å². The first-order chi connectivity index (χ1) is 9.88. The average molecular weight is 284 g/mol. The van der Waals surface area contributed by atoms with Gasteiger partial charge in [0.2, 0.25) is 0 Å². The van der Waals surface area contributed by atoms with E-state index in [1.165, 1.54) is 16.3 Å². The van der Waals surface area contributed by atoms with Crippen molar-refractivity contribution in [2.45, 2.75) is 13.5 Å². The second-order valence-electron chi connectivity index (χ2n) is 4.39. The van der Waals surface area contributed by atoms with E-state index in [1.807, 2.05) is 18.4 Å². The van der Waals surface area contributed by atoms with Crippen LogP contribution in [0.25, 0.3) is 10.8 Å². The van der Waals surface area contributed by atoms with Gasteiger partial charge in [-0.05, 0) is 23.8 Å². The zero-order valence-electron chi connectivity index (χ0n) is 11.3. The van der Waals surface area contributed by atoms with Crippen molar-refractivity contribution in [1.29, 1.82) is 0 Å². The molecular weight excluding hydrogens is 268 g/mol. The van der Waals surface area contributed by atoms with Gasteiger partial charge in [0, 0.05) is 23.7 Å². The van der Waals surface area contributed by atoms with Crippen molar-refractivity contribution in [3.63, 3.8) is 0 Å². The van der Waals surface area contributed by atoms with Crippen LogP contribution in [0.4, 0.5) is 5.13 Å². The summed E-state index contributed by atoms with van der Waals surface area (Å²) in [4.78, 5) is 4.25. The van der Waals surface area contributed by atoms with Crippen molar-refractivity contribution in [3.8, 4) is 5.75 Å². The fourth-order valence-electron chi connectivity index (χ4n) is 2.26. The second kappa shape index (κ2) is 5.92. The number of rotatable bonds is 5. The van der Waals surface area contributed by atoms with Crippen LogP contribution in [-0.4, -0.2) is 11.6 Å². The maximum atomic E-state index is 5.76. The third-order valence-corrected chi connectivity index (χ3v) is 3.88. The summed E-state index contributed by atoms with van der Waals surface area (Å²) in [5.74, 6) is 0.940. The van der Waals surface area contributed by atoms with Crippen LogP contribution in [0.5, 0.6) is 5.75 Å². The molecule has 0 unspecified atom stereocenters. The number of nitrogens with zero attached hydrogens (tertiary/aromatic N) is 1. The van der Waals surface area contributed by atoms with Gasteiger partial charge in [-0.1, -0.05) is 30.3 Å². The number of ether oxygens (including phenoxy) is 1. The Balaban J connectivity index is 1.98. The Morgan fingerprint density at radius 3 is 2.90 bits per heavy atom. The summed E-state index contributed by atoms with van der Waals surface area (Å²) >= 11 is 1.60. The molecule has 0 atom stereocenters.